The number of rotatable bonds is 8. The Morgan fingerprint density at radius 2 is 2.00 bits per heavy atom. The lowest BCUT2D eigenvalue weighted by molar-refractivity contribution is 0.322. The van der Waals surface area contributed by atoms with E-state index < -0.39 is 0 Å². The third-order valence-corrected chi connectivity index (χ3v) is 3.82. The molecule has 0 amide bonds. The fourth-order valence-electron chi connectivity index (χ4n) is 2.71. The highest BCUT2D eigenvalue weighted by Crippen LogP contribution is 2.30. The van der Waals surface area contributed by atoms with Crippen LogP contribution in [0, 0.1) is 0 Å². The Hall–Kier alpha value is -1.22. The zero-order valence-corrected chi connectivity index (χ0v) is 12.7. The van der Waals surface area contributed by atoms with Gasteiger partial charge < -0.3 is 15.0 Å². The summed E-state index contributed by atoms with van der Waals surface area (Å²) in [6.45, 7) is 7.53. The molecule has 0 bridgehead atoms. The number of para-hydroxylation sites is 2. The zero-order valence-electron chi connectivity index (χ0n) is 12.7. The topological polar surface area (TPSA) is 24.5 Å². The number of hydrogen-bond acceptors (Lipinski definition) is 3. The lowest BCUT2D eigenvalue weighted by Crippen LogP contribution is -2.25. The Morgan fingerprint density at radius 1 is 1.15 bits per heavy atom. The van der Waals surface area contributed by atoms with E-state index in [1.165, 1.54) is 31.4 Å². The van der Waals surface area contributed by atoms with Gasteiger partial charge >= 0.3 is 0 Å². The number of hydrogen-bond donors (Lipinski definition) is 1. The van der Waals surface area contributed by atoms with Gasteiger partial charge in [-0.15, -0.1) is 0 Å². The van der Waals surface area contributed by atoms with Crippen molar-refractivity contribution in [2.45, 2.75) is 39.0 Å². The molecule has 0 saturated carbocycles. The summed E-state index contributed by atoms with van der Waals surface area (Å²) in [4.78, 5) is 2.49. The number of benzene rings is 1. The first-order valence-corrected chi connectivity index (χ1v) is 8.09. The van der Waals surface area contributed by atoms with Crippen molar-refractivity contribution < 1.29 is 4.74 Å². The minimum Gasteiger partial charge on any atom is -0.491 e. The van der Waals surface area contributed by atoms with Gasteiger partial charge in [0.2, 0.25) is 0 Å². The molecule has 112 valence electrons. The molecule has 0 aliphatic carbocycles. The molecular weight excluding hydrogens is 248 g/mol. The van der Waals surface area contributed by atoms with Crippen LogP contribution in [0.25, 0.3) is 0 Å². The fourth-order valence-corrected chi connectivity index (χ4v) is 2.71. The molecule has 0 saturated heterocycles. The number of ether oxygens (including phenoxy) is 1. The summed E-state index contributed by atoms with van der Waals surface area (Å²) in [7, 11) is 0. The minimum atomic E-state index is 0.843. The van der Waals surface area contributed by atoms with Gasteiger partial charge in [0.1, 0.15) is 5.75 Å². The number of nitrogens with one attached hydrogen (secondary N) is 1. The number of anilines is 1. The molecule has 0 unspecified atom stereocenters. The van der Waals surface area contributed by atoms with Crippen molar-refractivity contribution in [1.82, 2.24) is 5.32 Å². The van der Waals surface area contributed by atoms with Gasteiger partial charge in [0, 0.05) is 13.1 Å². The smallest absolute Gasteiger partial charge is 0.142 e. The zero-order chi connectivity index (χ0) is 14.0. The third-order valence-electron chi connectivity index (χ3n) is 3.82. The number of nitrogens with zero attached hydrogens (tertiary/aromatic N) is 1. The van der Waals surface area contributed by atoms with E-state index in [4.69, 9.17) is 4.74 Å². The molecule has 0 radical (unpaired) electrons. The van der Waals surface area contributed by atoms with Gasteiger partial charge in [0.25, 0.3) is 0 Å². The number of fused-ring (bicyclic) bond motifs is 1. The van der Waals surface area contributed by atoms with Crippen LogP contribution in [0.5, 0.6) is 5.75 Å². The summed E-state index contributed by atoms with van der Waals surface area (Å²) in [6.07, 6.45) is 6.35. The predicted molar refractivity (Wildman–Crippen MR) is 85.8 cm³/mol. The fraction of sp³-hybridized carbons (Fsp3) is 0.647. The molecule has 1 aromatic rings. The summed E-state index contributed by atoms with van der Waals surface area (Å²) in [5, 5.41) is 3.38. The van der Waals surface area contributed by atoms with Crippen LogP contribution in [0.1, 0.15) is 39.0 Å². The van der Waals surface area contributed by atoms with E-state index in [0.717, 1.165) is 45.0 Å². The summed E-state index contributed by atoms with van der Waals surface area (Å²) < 4.78 is 5.80. The van der Waals surface area contributed by atoms with Crippen molar-refractivity contribution in [2.24, 2.45) is 0 Å². The summed E-state index contributed by atoms with van der Waals surface area (Å²) in [5.74, 6) is 1.05. The average Bonchev–Trinajstić information content (AvgIpc) is 2.69. The molecule has 0 fully saturated rings. The molecule has 0 aromatic heterocycles. The van der Waals surface area contributed by atoms with Gasteiger partial charge in [-0.2, -0.15) is 0 Å². The van der Waals surface area contributed by atoms with E-state index in [0.29, 0.717) is 0 Å². The highest BCUT2D eigenvalue weighted by Gasteiger charge is 2.14. The van der Waals surface area contributed by atoms with Gasteiger partial charge in [-0.3, -0.25) is 0 Å². The predicted octanol–water partition coefficient (Wildman–Crippen LogP) is 3.45. The van der Waals surface area contributed by atoms with Gasteiger partial charge in [-0.25, -0.2) is 0 Å². The Morgan fingerprint density at radius 3 is 2.90 bits per heavy atom. The first-order chi connectivity index (χ1) is 9.92. The second kappa shape index (κ2) is 8.85. The van der Waals surface area contributed by atoms with Crippen LogP contribution in [-0.4, -0.2) is 32.8 Å². The maximum absolute atomic E-state index is 5.80. The molecule has 0 atom stereocenters. The molecule has 20 heavy (non-hydrogen) atoms. The first-order valence-electron chi connectivity index (χ1n) is 8.09. The van der Waals surface area contributed by atoms with Crippen molar-refractivity contribution in [3.63, 3.8) is 0 Å². The van der Waals surface area contributed by atoms with Crippen molar-refractivity contribution in [3.05, 3.63) is 24.3 Å². The molecule has 2 rings (SSSR count). The van der Waals surface area contributed by atoms with E-state index in [1.54, 1.807) is 0 Å². The maximum Gasteiger partial charge on any atom is 0.142 e. The van der Waals surface area contributed by atoms with Gasteiger partial charge in [-0.1, -0.05) is 31.9 Å². The van der Waals surface area contributed by atoms with E-state index in [2.05, 4.69) is 41.4 Å². The van der Waals surface area contributed by atoms with Crippen LogP contribution in [0.15, 0.2) is 24.3 Å². The molecule has 3 heteroatoms. The van der Waals surface area contributed by atoms with E-state index >= 15 is 0 Å². The van der Waals surface area contributed by atoms with Crippen LogP contribution in [0.2, 0.25) is 0 Å². The quantitative estimate of drug-likeness (QED) is 0.736. The molecule has 0 spiro atoms. The van der Waals surface area contributed by atoms with Crippen molar-refractivity contribution in [1.29, 1.82) is 0 Å². The van der Waals surface area contributed by atoms with Crippen molar-refractivity contribution in [3.8, 4) is 5.75 Å². The summed E-state index contributed by atoms with van der Waals surface area (Å²) in [5.41, 5.74) is 1.28. The molecule has 1 heterocycles. The standard InChI is InChI=1S/C17H28N2O/c1-2-18-12-7-3-4-8-13-19-14-9-15-20-17-11-6-5-10-16(17)19/h5-6,10-11,18H,2-4,7-9,12-15H2,1H3. The van der Waals surface area contributed by atoms with Gasteiger partial charge in [-0.05, 0) is 44.5 Å². The summed E-state index contributed by atoms with van der Waals surface area (Å²) in [6, 6.07) is 8.44. The third kappa shape index (κ3) is 4.71. The molecule has 1 aliphatic heterocycles. The second-order valence-corrected chi connectivity index (χ2v) is 5.42. The molecule has 3 nitrogen and oxygen atoms in total. The van der Waals surface area contributed by atoms with Crippen molar-refractivity contribution in [2.75, 3.05) is 37.7 Å². The minimum absolute atomic E-state index is 0.843. The molecule has 1 aliphatic rings. The van der Waals surface area contributed by atoms with E-state index in [-0.39, 0.29) is 0 Å². The monoisotopic (exact) mass is 276 g/mol. The summed E-state index contributed by atoms with van der Waals surface area (Å²) >= 11 is 0. The SMILES string of the molecule is CCNCCCCCCN1CCCOc2ccccc21. The first kappa shape index (κ1) is 15.2. The van der Waals surface area contributed by atoms with Crippen LogP contribution < -0.4 is 15.0 Å². The average molecular weight is 276 g/mol. The van der Waals surface area contributed by atoms with Crippen LogP contribution >= 0.6 is 0 Å². The second-order valence-electron chi connectivity index (χ2n) is 5.42. The van der Waals surface area contributed by atoms with E-state index in [1.807, 2.05) is 0 Å². The normalized spacial score (nSPS) is 14.6. The van der Waals surface area contributed by atoms with E-state index in [9.17, 15) is 0 Å². The van der Waals surface area contributed by atoms with Crippen molar-refractivity contribution >= 4 is 5.69 Å². The molecular formula is C17H28N2O. The van der Waals surface area contributed by atoms with Crippen LogP contribution in [-0.2, 0) is 0 Å². The Labute approximate surface area is 123 Å². The van der Waals surface area contributed by atoms with Crippen LogP contribution in [0.3, 0.4) is 0 Å². The highest BCUT2D eigenvalue weighted by molar-refractivity contribution is 5.58. The highest BCUT2D eigenvalue weighted by atomic mass is 16.5. The van der Waals surface area contributed by atoms with Gasteiger partial charge in [0.15, 0.2) is 0 Å². The van der Waals surface area contributed by atoms with Crippen LogP contribution in [0.4, 0.5) is 5.69 Å². The molecule has 1 aromatic carbocycles. The Kier molecular flexibility index (Phi) is 6.72. The molecule has 1 N–H and O–H groups in total. The largest absolute Gasteiger partial charge is 0.491 e. The Bertz CT molecular complexity index is 381. The number of unbranched alkanes of at least 4 members (excludes halogenated alkanes) is 3. The Balaban J connectivity index is 1.72. The van der Waals surface area contributed by atoms with Gasteiger partial charge in [0.05, 0.1) is 12.3 Å². The lowest BCUT2D eigenvalue weighted by atomic mass is 10.1. The maximum atomic E-state index is 5.80. The lowest BCUT2D eigenvalue weighted by Gasteiger charge is -2.23.